The molecular formula is C43H34N8O4. The van der Waals surface area contributed by atoms with E-state index in [2.05, 4.69) is 20.6 Å². The lowest BCUT2D eigenvalue weighted by Crippen LogP contribution is -2.06. The van der Waals surface area contributed by atoms with Gasteiger partial charge in [0.15, 0.2) is 0 Å². The Labute approximate surface area is 314 Å². The number of carbonyl (C=O) groups excluding carboxylic acids is 1. The molecule has 10 rings (SSSR count). The topological polar surface area (TPSA) is 165 Å². The van der Waals surface area contributed by atoms with Crippen LogP contribution in [0.1, 0.15) is 46.4 Å². The summed E-state index contributed by atoms with van der Waals surface area (Å²) >= 11 is 0. The number of anilines is 2. The van der Waals surface area contributed by atoms with Gasteiger partial charge >= 0.3 is 11.9 Å². The number of fused-ring (bicyclic) bond motifs is 6. The number of carboxylic acid groups (broad SMARTS) is 1. The van der Waals surface area contributed by atoms with Gasteiger partial charge in [0, 0.05) is 57.1 Å². The maximum atomic E-state index is 11.9. The SMILES string of the molecule is COC(=O)c1ccc2c(c1)nc(-c1ccccc1)c1nc(NC3CC3)ncc12.O=C(O)c1ccc2c(c1)nc(-c1ccccc1)c1nc(NC3CC3)ncc12. The number of methoxy groups -OCH3 is 1. The first-order valence-electron chi connectivity index (χ1n) is 18.1. The van der Waals surface area contributed by atoms with Crippen molar-refractivity contribution in [2.45, 2.75) is 37.8 Å². The predicted octanol–water partition coefficient (Wildman–Crippen LogP) is 8.32. The Kier molecular flexibility index (Phi) is 8.62. The molecule has 8 aromatic rings. The van der Waals surface area contributed by atoms with Crippen LogP contribution >= 0.6 is 0 Å². The second-order valence-corrected chi connectivity index (χ2v) is 13.7. The van der Waals surface area contributed by atoms with Crippen LogP contribution in [0.25, 0.3) is 66.1 Å². The van der Waals surface area contributed by atoms with Gasteiger partial charge in [0.05, 0.1) is 40.7 Å². The van der Waals surface area contributed by atoms with Gasteiger partial charge in [-0.2, -0.15) is 0 Å². The number of esters is 1. The number of hydrogen-bond acceptors (Lipinski definition) is 11. The van der Waals surface area contributed by atoms with E-state index in [1.807, 2.05) is 72.9 Å². The summed E-state index contributed by atoms with van der Waals surface area (Å²) in [6.45, 7) is 0. The summed E-state index contributed by atoms with van der Waals surface area (Å²) in [5, 5.41) is 19.5. The zero-order chi connectivity index (χ0) is 37.5. The molecule has 2 aliphatic carbocycles. The number of carbonyl (C=O) groups is 2. The monoisotopic (exact) mass is 726 g/mol. The number of hydrogen-bond donors (Lipinski definition) is 3. The Morgan fingerprint density at radius 3 is 1.49 bits per heavy atom. The molecule has 4 aromatic heterocycles. The van der Waals surface area contributed by atoms with Crippen LogP contribution in [0, 0.1) is 0 Å². The van der Waals surface area contributed by atoms with Crippen molar-refractivity contribution in [3.63, 3.8) is 0 Å². The van der Waals surface area contributed by atoms with Crippen LogP contribution in [0.4, 0.5) is 11.9 Å². The standard InChI is InChI=1S/C22H18N4O2.C21H16N4O2/c1-28-21(27)14-7-10-16-17-12-23-22(24-15-8-9-15)26-20(17)19(25-18(16)11-14)13-5-3-2-4-6-13;26-20(27)13-6-9-15-16-11-22-21(23-14-7-8-14)25-19(16)18(24-17(15)10-13)12-4-2-1-3-5-12/h2-7,10-12,15H,8-9H2,1H3,(H,23,24,26);1-6,9-11,14H,7-8H2,(H,26,27)(H,22,23,25). The molecule has 0 bridgehead atoms. The first-order chi connectivity index (χ1) is 26.9. The lowest BCUT2D eigenvalue weighted by Gasteiger charge is -2.11. The Bertz CT molecular complexity index is 2770. The van der Waals surface area contributed by atoms with Crippen LogP contribution < -0.4 is 10.6 Å². The number of pyridine rings is 2. The maximum absolute atomic E-state index is 11.9. The molecule has 270 valence electrons. The molecule has 4 aromatic carbocycles. The molecule has 2 aliphatic rings. The van der Waals surface area contributed by atoms with E-state index in [1.165, 1.54) is 7.11 Å². The van der Waals surface area contributed by atoms with Gasteiger partial charge in [-0.3, -0.25) is 0 Å². The van der Waals surface area contributed by atoms with Gasteiger partial charge in [-0.05, 0) is 49.9 Å². The van der Waals surface area contributed by atoms with Gasteiger partial charge in [-0.25, -0.2) is 39.5 Å². The Hall–Kier alpha value is -7.08. The number of rotatable bonds is 8. The average molecular weight is 727 g/mol. The van der Waals surface area contributed by atoms with E-state index in [0.717, 1.165) is 80.8 Å². The zero-order valence-corrected chi connectivity index (χ0v) is 29.7. The van der Waals surface area contributed by atoms with Gasteiger partial charge in [0.1, 0.15) is 11.0 Å². The van der Waals surface area contributed by atoms with Gasteiger partial charge in [0.25, 0.3) is 0 Å². The molecule has 55 heavy (non-hydrogen) atoms. The molecule has 0 unspecified atom stereocenters. The summed E-state index contributed by atoms with van der Waals surface area (Å²) in [6.07, 6.45) is 8.21. The normalized spacial score (nSPS) is 13.7. The third kappa shape index (κ3) is 6.93. The number of ether oxygens (including phenoxy) is 1. The summed E-state index contributed by atoms with van der Waals surface area (Å²) in [5.74, 6) is -0.129. The van der Waals surface area contributed by atoms with Gasteiger partial charge in [-0.1, -0.05) is 72.8 Å². The summed E-state index contributed by atoms with van der Waals surface area (Å²) in [7, 11) is 1.37. The van der Waals surface area contributed by atoms with Crippen molar-refractivity contribution in [3.8, 4) is 22.5 Å². The number of nitrogens with one attached hydrogen (secondary N) is 2. The molecule has 0 atom stereocenters. The highest BCUT2D eigenvalue weighted by Gasteiger charge is 2.24. The number of carboxylic acids is 1. The van der Waals surface area contributed by atoms with Crippen molar-refractivity contribution in [1.29, 1.82) is 0 Å². The highest BCUT2D eigenvalue weighted by molar-refractivity contribution is 6.11. The molecule has 0 aliphatic heterocycles. The lowest BCUT2D eigenvalue weighted by atomic mass is 10.0. The van der Waals surface area contributed by atoms with E-state index < -0.39 is 5.97 Å². The van der Waals surface area contributed by atoms with Gasteiger partial charge in [-0.15, -0.1) is 0 Å². The lowest BCUT2D eigenvalue weighted by molar-refractivity contribution is 0.0600. The van der Waals surface area contributed by atoms with Crippen LogP contribution in [0.15, 0.2) is 109 Å². The third-order valence-corrected chi connectivity index (χ3v) is 9.65. The van der Waals surface area contributed by atoms with Crippen LogP contribution in [0.3, 0.4) is 0 Å². The largest absolute Gasteiger partial charge is 0.478 e. The number of aromatic nitrogens is 6. The third-order valence-electron chi connectivity index (χ3n) is 9.65. The van der Waals surface area contributed by atoms with E-state index in [1.54, 1.807) is 36.5 Å². The zero-order valence-electron chi connectivity index (χ0n) is 29.7. The number of nitrogens with zero attached hydrogens (tertiary/aromatic N) is 6. The van der Waals surface area contributed by atoms with Crippen LogP contribution in [0.5, 0.6) is 0 Å². The molecule has 0 amide bonds. The minimum atomic E-state index is -0.972. The molecule has 0 saturated heterocycles. The Balaban J connectivity index is 0.000000144. The van der Waals surface area contributed by atoms with Crippen molar-refractivity contribution in [2.24, 2.45) is 0 Å². The van der Waals surface area contributed by atoms with Crippen molar-refractivity contribution in [3.05, 3.63) is 121 Å². The minimum absolute atomic E-state index is 0.210. The number of aromatic carboxylic acids is 1. The molecule has 12 nitrogen and oxygen atoms in total. The summed E-state index contributed by atoms with van der Waals surface area (Å²) in [5.41, 5.74) is 6.95. The fourth-order valence-electron chi connectivity index (χ4n) is 6.50. The second-order valence-electron chi connectivity index (χ2n) is 13.7. The van der Waals surface area contributed by atoms with Crippen molar-refractivity contribution in [1.82, 2.24) is 29.9 Å². The molecule has 0 radical (unpaired) electrons. The van der Waals surface area contributed by atoms with E-state index >= 15 is 0 Å². The average Bonchev–Trinajstić information content (AvgIpc) is 4.18. The Morgan fingerprint density at radius 1 is 0.600 bits per heavy atom. The fourth-order valence-corrected chi connectivity index (χ4v) is 6.50. The highest BCUT2D eigenvalue weighted by Crippen LogP contribution is 2.34. The second kappa shape index (κ2) is 14.0. The Morgan fingerprint density at radius 2 is 1.05 bits per heavy atom. The molecule has 4 heterocycles. The molecule has 2 fully saturated rings. The van der Waals surface area contributed by atoms with Crippen molar-refractivity contribution < 1.29 is 19.4 Å². The van der Waals surface area contributed by atoms with E-state index in [9.17, 15) is 14.7 Å². The molecule has 3 N–H and O–H groups in total. The molecule has 2 saturated carbocycles. The first kappa shape index (κ1) is 33.7. The first-order valence-corrected chi connectivity index (χ1v) is 18.1. The summed E-state index contributed by atoms with van der Waals surface area (Å²) < 4.78 is 4.85. The quantitative estimate of drug-likeness (QED) is 0.101. The fraction of sp³-hybridized carbons (Fsp3) is 0.163. The van der Waals surface area contributed by atoms with Crippen LogP contribution in [-0.2, 0) is 4.74 Å². The molecular weight excluding hydrogens is 693 g/mol. The van der Waals surface area contributed by atoms with Crippen LogP contribution in [-0.4, -0.2) is 66.1 Å². The summed E-state index contributed by atoms with van der Waals surface area (Å²) in [4.78, 5) is 51.4. The van der Waals surface area contributed by atoms with Crippen LogP contribution in [0.2, 0.25) is 0 Å². The number of benzene rings is 4. The van der Waals surface area contributed by atoms with Crippen molar-refractivity contribution >= 4 is 67.4 Å². The molecule has 0 spiro atoms. The highest BCUT2D eigenvalue weighted by atomic mass is 16.5. The van der Waals surface area contributed by atoms with Crippen molar-refractivity contribution in [2.75, 3.05) is 17.7 Å². The van der Waals surface area contributed by atoms with E-state index in [-0.39, 0.29) is 11.5 Å². The summed E-state index contributed by atoms with van der Waals surface area (Å²) in [6, 6.07) is 31.0. The van der Waals surface area contributed by atoms with Gasteiger partial charge in [0.2, 0.25) is 11.9 Å². The maximum Gasteiger partial charge on any atom is 0.337 e. The minimum Gasteiger partial charge on any atom is -0.478 e. The smallest absolute Gasteiger partial charge is 0.337 e. The van der Waals surface area contributed by atoms with Gasteiger partial charge < -0.3 is 20.5 Å². The van der Waals surface area contributed by atoms with E-state index in [0.29, 0.717) is 40.6 Å². The van der Waals surface area contributed by atoms with E-state index in [4.69, 9.17) is 24.7 Å². The molecule has 12 heteroatoms. The predicted molar refractivity (Wildman–Crippen MR) is 212 cm³/mol.